The second-order valence-corrected chi connectivity index (χ2v) is 4.84. The Labute approximate surface area is 98.7 Å². The van der Waals surface area contributed by atoms with Crippen molar-refractivity contribution >= 4 is 0 Å². The van der Waals surface area contributed by atoms with Gasteiger partial charge in [-0.05, 0) is 25.8 Å². The van der Waals surface area contributed by atoms with Gasteiger partial charge in [0.1, 0.15) is 0 Å². The molecule has 0 aliphatic heterocycles. The fraction of sp³-hybridized carbons (Fsp3) is 0.571. The Morgan fingerprint density at radius 2 is 2.12 bits per heavy atom. The summed E-state index contributed by atoms with van der Waals surface area (Å²) in [7, 11) is 0. The summed E-state index contributed by atoms with van der Waals surface area (Å²) in [5.41, 5.74) is 1.96. The van der Waals surface area contributed by atoms with Crippen LogP contribution >= 0.6 is 0 Å². The highest BCUT2D eigenvalue weighted by atomic mass is 16.3. The van der Waals surface area contributed by atoms with Crippen molar-refractivity contribution in [1.82, 2.24) is 5.32 Å². The van der Waals surface area contributed by atoms with Gasteiger partial charge in [0.15, 0.2) is 0 Å². The second kappa shape index (κ2) is 6.02. The summed E-state index contributed by atoms with van der Waals surface area (Å²) in [6.45, 7) is 7.54. The Morgan fingerprint density at radius 1 is 1.38 bits per heavy atom. The zero-order valence-electron chi connectivity index (χ0n) is 10.6. The number of aryl methyl sites for hydroxylation is 1. The minimum atomic E-state index is -0.585. The van der Waals surface area contributed by atoms with Crippen molar-refractivity contribution in [3.8, 4) is 0 Å². The van der Waals surface area contributed by atoms with Crippen molar-refractivity contribution in [3.63, 3.8) is 0 Å². The molecule has 90 valence electrons. The molecule has 2 nitrogen and oxygen atoms in total. The fourth-order valence-electron chi connectivity index (χ4n) is 1.93. The molecule has 0 bridgehead atoms. The van der Waals surface area contributed by atoms with Crippen LogP contribution in [-0.4, -0.2) is 17.3 Å². The van der Waals surface area contributed by atoms with Crippen molar-refractivity contribution in [1.29, 1.82) is 0 Å². The predicted octanol–water partition coefficient (Wildman–Crippen LogP) is 2.64. The van der Waals surface area contributed by atoms with E-state index in [4.69, 9.17) is 0 Å². The molecule has 0 fully saturated rings. The third kappa shape index (κ3) is 4.77. The molecule has 1 aromatic carbocycles. The van der Waals surface area contributed by atoms with Gasteiger partial charge < -0.3 is 10.4 Å². The van der Waals surface area contributed by atoms with E-state index in [1.165, 1.54) is 11.1 Å². The number of nitrogens with one attached hydrogen (secondary N) is 1. The molecule has 0 spiro atoms. The highest BCUT2D eigenvalue weighted by molar-refractivity contribution is 5.21. The van der Waals surface area contributed by atoms with Crippen LogP contribution in [0.5, 0.6) is 0 Å². The van der Waals surface area contributed by atoms with Gasteiger partial charge in [-0.3, -0.25) is 0 Å². The van der Waals surface area contributed by atoms with E-state index >= 15 is 0 Å². The van der Waals surface area contributed by atoms with E-state index in [0.29, 0.717) is 6.54 Å². The summed E-state index contributed by atoms with van der Waals surface area (Å²) in [5.74, 6) is 0. The normalized spacial score (nSPS) is 14.8. The lowest BCUT2D eigenvalue weighted by Gasteiger charge is -2.23. The Kier molecular flexibility index (Phi) is 4.97. The molecule has 1 atom stereocenters. The average Bonchev–Trinajstić information content (AvgIpc) is 2.17. The molecule has 1 unspecified atom stereocenters. The highest BCUT2D eigenvalue weighted by Gasteiger charge is 2.17. The SMILES string of the molecule is CCCC(C)(O)CNCc1cccc(C)c1. The first-order valence-corrected chi connectivity index (χ1v) is 6.02. The number of benzene rings is 1. The molecular formula is C14H23NO. The van der Waals surface area contributed by atoms with E-state index in [1.54, 1.807) is 0 Å². The van der Waals surface area contributed by atoms with Crippen molar-refractivity contribution in [2.75, 3.05) is 6.54 Å². The lowest BCUT2D eigenvalue weighted by molar-refractivity contribution is 0.0498. The van der Waals surface area contributed by atoms with Crippen LogP contribution in [0.15, 0.2) is 24.3 Å². The minimum absolute atomic E-state index is 0.585. The molecule has 0 aromatic heterocycles. The summed E-state index contributed by atoms with van der Waals surface area (Å²) >= 11 is 0. The van der Waals surface area contributed by atoms with Crippen LogP contribution in [0, 0.1) is 6.92 Å². The topological polar surface area (TPSA) is 32.3 Å². The van der Waals surface area contributed by atoms with Crippen molar-refractivity contribution < 1.29 is 5.11 Å². The van der Waals surface area contributed by atoms with Gasteiger partial charge in [0.25, 0.3) is 0 Å². The van der Waals surface area contributed by atoms with Gasteiger partial charge in [0.05, 0.1) is 5.60 Å². The van der Waals surface area contributed by atoms with Crippen LogP contribution in [0.25, 0.3) is 0 Å². The molecule has 2 heteroatoms. The first kappa shape index (κ1) is 13.2. The Morgan fingerprint density at radius 3 is 2.75 bits per heavy atom. The molecule has 0 heterocycles. The van der Waals surface area contributed by atoms with Crippen LogP contribution in [0.1, 0.15) is 37.8 Å². The lowest BCUT2D eigenvalue weighted by atomic mass is 10.0. The van der Waals surface area contributed by atoms with E-state index in [2.05, 4.69) is 43.4 Å². The molecular weight excluding hydrogens is 198 g/mol. The first-order valence-electron chi connectivity index (χ1n) is 6.02. The largest absolute Gasteiger partial charge is 0.389 e. The van der Waals surface area contributed by atoms with Crippen LogP contribution in [-0.2, 0) is 6.54 Å². The molecule has 1 aromatic rings. The monoisotopic (exact) mass is 221 g/mol. The molecule has 2 N–H and O–H groups in total. The van der Waals surface area contributed by atoms with Crippen LogP contribution in [0.3, 0.4) is 0 Å². The summed E-state index contributed by atoms with van der Waals surface area (Å²) in [4.78, 5) is 0. The molecule has 0 aliphatic carbocycles. The zero-order chi connectivity index (χ0) is 12.0. The highest BCUT2D eigenvalue weighted by Crippen LogP contribution is 2.10. The summed E-state index contributed by atoms with van der Waals surface area (Å²) in [6.07, 6.45) is 1.85. The van der Waals surface area contributed by atoms with Crippen LogP contribution in [0.4, 0.5) is 0 Å². The van der Waals surface area contributed by atoms with Gasteiger partial charge in [-0.1, -0.05) is 43.2 Å². The Bertz CT molecular complexity index is 320. The summed E-state index contributed by atoms with van der Waals surface area (Å²) < 4.78 is 0. The maximum absolute atomic E-state index is 9.98. The van der Waals surface area contributed by atoms with Gasteiger partial charge in [0, 0.05) is 13.1 Å². The van der Waals surface area contributed by atoms with Gasteiger partial charge >= 0.3 is 0 Å². The van der Waals surface area contributed by atoms with Crippen molar-refractivity contribution in [2.24, 2.45) is 0 Å². The van der Waals surface area contributed by atoms with E-state index in [0.717, 1.165) is 19.4 Å². The van der Waals surface area contributed by atoms with Gasteiger partial charge in [-0.15, -0.1) is 0 Å². The Balaban J connectivity index is 2.35. The second-order valence-electron chi connectivity index (χ2n) is 4.84. The van der Waals surface area contributed by atoms with Gasteiger partial charge in [-0.2, -0.15) is 0 Å². The molecule has 1 rings (SSSR count). The van der Waals surface area contributed by atoms with Gasteiger partial charge in [0.2, 0.25) is 0 Å². The number of aliphatic hydroxyl groups is 1. The zero-order valence-corrected chi connectivity index (χ0v) is 10.6. The molecule has 0 amide bonds. The summed E-state index contributed by atoms with van der Waals surface area (Å²) in [5, 5.41) is 13.3. The van der Waals surface area contributed by atoms with Crippen LogP contribution in [0.2, 0.25) is 0 Å². The van der Waals surface area contributed by atoms with Crippen molar-refractivity contribution in [3.05, 3.63) is 35.4 Å². The first-order chi connectivity index (χ1) is 7.53. The molecule has 0 aliphatic rings. The number of rotatable bonds is 6. The standard InChI is InChI=1S/C14H23NO/c1-4-8-14(3,16)11-15-10-13-7-5-6-12(2)9-13/h5-7,9,15-16H,4,8,10-11H2,1-3H3. The fourth-order valence-corrected chi connectivity index (χ4v) is 1.93. The van der Waals surface area contributed by atoms with Crippen LogP contribution < -0.4 is 5.32 Å². The average molecular weight is 221 g/mol. The van der Waals surface area contributed by atoms with Crippen molar-refractivity contribution in [2.45, 2.75) is 45.8 Å². The van der Waals surface area contributed by atoms with Gasteiger partial charge in [-0.25, -0.2) is 0 Å². The third-order valence-electron chi connectivity index (χ3n) is 2.71. The molecule has 0 saturated heterocycles. The van der Waals surface area contributed by atoms with E-state index < -0.39 is 5.60 Å². The summed E-state index contributed by atoms with van der Waals surface area (Å²) in [6, 6.07) is 8.43. The molecule has 16 heavy (non-hydrogen) atoms. The maximum atomic E-state index is 9.98. The molecule has 0 radical (unpaired) electrons. The number of hydrogen-bond acceptors (Lipinski definition) is 2. The quantitative estimate of drug-likeness (QED) is 0.774. The maximum Gasteiger partial charge on any atom is 0.0743 e. The third-order valence-corrected chi connectivity index (χ3v) is 2.71. The predicted molar refractivity (Wildman–Crippen MR) is 68.4 cm³/mol. The van der Waals surface area contributed by atoms with E-state index in [9.17, 15) is 5.11 Å². The Hall–Kier alpha value is -0.860. The van der Waals surface area contributed by atoms with E-state index in [-0.39, 0.29) is 0 Å². The van der Waals surface area contributed by atoms with E-state index in [1.807, 2.05) is 6.92 Å². The number of hydrogen-bond donors (Lipinski definition) is 2. The smallest absolute Gasteiger partial charge is 0.0743 e. The minimum Gasteiger partial charge on any atom is -0.389 e. The molecule has 0 saturated carbocycles. The lowest BCUT2D eigenvalue weighted by Crippen LogP contribution is -2.37.